The summed E-state index contributed by atoms with van der Waals surface area (Å²) in [6.45, 7) is 2.12. The van der Waals surface area contributed by atoms with Crippen LogP contribution >= 0.6 is 0 Å². The van der Waals surface area contributed by atoms with E-state index in [0.29, 0.717) is 5.92 Å². The third kappa shape index (κ3) is 2.80. The Kier molecular flexibility index (Phi) is 3.92. The Morgan fingerprint density at radius 2 is 2.20 bits per heavy atom. The average Bonchev–Trinajstić information content (AvgIpc) is 2.56. The molecule has 0 radical (unpaired) electrons. The molecule has 104 valence electrons. The Bertz CT molecular complexity index is 562. The number of rotatable bonds is 3. The first-order chi connectivity index (χ1) is 9.86. The van der Waals surface area contributed by atoms with E-state index in [9.17, 15) is 0 Å². The number of benzene rings is 1. The minimum Gasteiger partial charge on any atom is -0.497 e. The molecule has 2 aromatic rings. The van der Waals surface area contributed by atoms with E-state index in [1.165, 1.54) is 12.8 Å². The smallest absolute Gasteiger partial charge is 0.119 e. The summed E-state index contributed by atoms with van der Waals surface area (Å²) in [5.74, 6) is 1.33. The van der Waals surface area contributed by atoms with E-state index < -0.39 is 0 Å². The molecule has 1 aromatic heterocycles. The van der Waals surface area contributed by atoms with Gasteiger partial charge >= 0.3 is 0 Å². The van der Waals surface area contributed by atoms with Crippen molar-refractivity contribution in [2.75, 3.05) is 20.2 Å². The van der Waals surface area contributed by atoms with Gasteiger partial charge in [0.2, 0.25) is 0 Å². The number of hydrogen-bond acceptors (Lipinski definition) is 4. The number of hydrogen-bond donors (Lipinski definition) is 1. The predicted molar refractivity (Wildman–Crippen MR) is 78.9 cm³/mol. The summed E-state index contributed by atoms with van der Waals surface area (Å²) in [5.41, 5.74) is 3.01. The number of nitrogens with one attached hydrogen (secondary N) is 1. The molecule has 1 aliphatic rings. The van der Waals surface area contributed by atoms with Crippen molar-refractivity contribution in [1.82, 2.24) is 15.3 Å². The van der Waals surface area contributed by atoms with Gasteiger partial charge in [0.1, 0.15) is 5.75 Å². The topological polar surface area (TPSA) is 47.0 Å². The fourth-order valence-corrected chi connectivity index (χ4v) is 2.58. The van der Waals surface area contributed by atoms with Gasteiger partial charge in [-0.1, -0.05) is 12.1 Å². The van der Waals surface area contributed by atoms with Gasteiger partial charge in [-0.2, -0.15) is 0 Å². The van der Waals surface area contributed by atoms with Crippen molar-refractivity contribution in [2.24, 2.45) is 0 Å². The van der Waals surface area contributed by atoms with Crippen LogP contribution in [-0.2, 0) is 0 Å². The van der Waals surface area contributed by atoms with Gasteiger partial charge in [0.15, 0.2) is 0 Å². The summed E-state index contributed by atoms with van der Waals surface area (Å²) in [6.07, 6.45) is 6.18. The highest BCUT2D eigenvalue weighted by molar-refractivity contribution is 5.60. The number of piperidine rings is 1. The van der Waals surface area contributed by atoms with E-state index in [1.54, 1.807) is 7.11 Å². The lowest BCUT2D eigenvalue weighted by Crippen LogP contribution is -2.28. The van der Waals surface area contributed by atoms with Crippen molar-refractivity contribution in [3.63, 3.8) is 0 Å². The van der Waals surface area contributed by atoms with Gasteiger partial charge in [-0.3, -0.25) is 9.97 Å². The Hall–Kier alpha value is -1.94. The third-order valence-electron chi connectivity index (χ3n) is 3.75. The van der Waals surface area contributed by atoms with E-state index in [2.05, 4.69) is 15.3 Å². The van der Waals surface area contributed by atoms with Gasteiger partial charge < -0.3 is 10.1 Å². The largest absolute Gasteiger partial charge is 0.497 e. The van der Waals surface area contributed by atoms with Crippen LogP contribution in [0.5, 0.6) is 5.75 Å². The van der Waals surface area contributed by atoms with Gasteiger partial charge in [-0.25, -0.2) is 0 Å². The fraction of sp³-hybridized carbons (Fsp3) is 0.375. The second-order valence-corrected chi connectivity index (χ2v) is 5.10. The first kappa shape index (κ1) is 13.1. The molecule has 0 spiro atoms. The molecule has 0 saturated carbocycles. The molecule has 1 saturated heterocycles. The molecular formula is C16H19N3O. The molecule has 2 heterocycles. The maximum atomic E-state index is 5.24. The normalized spacial score (nSPS) is 18.8. The van der Waals surface area contributed by atoms with Crippen LogP contribution in [0.2, 0.25) is 0 Å². The number of nitrogens with zero attached hydrogens (tertiary/aromatic N) is 2. The molecule has 1 aliphatic heterocycles. The zero-order chi connectivity index (χ0) is 13.8. The third-order valence-corrected chi connectivity index (χ3v) is 3.75. The number of ether oxygens (including phenoxy) is 1. The van der Waals surface area contributed by atoms with Gasteiger partial charge in [0.05, 0.1) is 24.7 Å². The van der Waals surface area contributed by atoms with Crippen LogP contribution in [0.3, 0.4) is 0 Å². The maximum absolute atomic E-state index is 5.24. The van der Waals surface area contributed by atoms with Crippen molar-refractivity contribution < 1.29 is 4.74 Å². The highest BCUT2D eigenvalue weighted by Crippen LogP contribution is 2.24. The molecule has 20 heavy (non-hydrogen) atoms. The minimum atomic E-state index is 0.496. The highest BCUT2D eigenvalue weighted by Gasteiger charge is 2.16. The van der Waals surface area contributed by atoms with E-state index in [4.69, 9.17) is 4.74 Å². The maximum Gasteiger partial charge on any atom is 0.119 e. The summed E-state index contributed by atoms with van der Waals surface area (Å²) in [5, 5.41) is 3.41. The predicted octanol–water partition coefficient (Wildman–Crippen LogP) is 2.62. The lowest BCUT2D eigenvalue weighted by Gasteiger charge is -2.21. The molecule has 1 fully saturated rings. The standard InChI is InChI=1S/C16H19N3O/c1-20-14-6-2-4-12(8-14)15-10-19-16(11-18-15)13-5-3-7-17-9-13/h2,4,6,8,10-11,13,17H,3,5,7,9H2,1H3. The number of methoxy groups -OCH3 is 1. The van der Waals surface area contributed by atoms with Crippen LogP contribution in [-0.4, -0.2) is 30.2 Å². The van der Waals surface area contributed by atoms with Crippen molar-refractivity contribution in [1.29, 1.82) is 0 Å². The van der Waals surface area contributed by atoms with Crippen molar-refractivity contribution >= 4 is 0 Å². The summed E-state index contributed by atoms with van der Waals surface area (Å²) >= 11 is 0. The molecule has 3 rings (SSSR count). The molecule has 0 bridgehead atoms. The molecule has 1 aromatic carbocycles. The Balaban J connectivity index is 1.81. The monoisotopic (exact) mass is 269 g/mol. The fourth-order valence-electron chi connectivity index (χ4n) is 2.58. The first-order valence-corrected chi connectivity index (χ1v) is 7.04. The van der Waals surface area contributed by atoms with E-state index in [1.807, 2.05) is 36.7 Å². The molecule has 1 unspecified atom stereocenters. The van der Waals surface area contributed by atoms with E-state index >= 15 is 0 Å². The summed E-state index contributed by atoms with van der Waals surface area (Å²) in [6, 6.07) is 7.90. The Labute approximate surface area is 119 Å². The van der Waals surface area contributed by atoms with Crippen LogP contribution < -0.4 is 10.1 Å². The second kappa shape index (κ2) is 6.01. The molecule has 4 nitrogen and oxygen atoms in total. The first-order valence-electron chi connectivity index (χ1n) is 7.04. The number of aromatic nitrogens is 2. The minimum absolute atomic E-state index is 0.496. The summed E-state index contributed by atoms with van der Waals surface area (Å²) < 4.78 is 5.24. The van der Waals surface area contributed by atoms with Crippen LogP contribution in [0.1, 0.15) is 24.5 Å². The summed E-state index contributed by atoms with van der Waals surface area (Å²) in [4.78, 5) is 9.14. The van der Waals surface area contributed by atoms with Gasteiger partial charge in [0.25, 0.3) is 0 Å². The summed E-state index contributed by atoms with van der Waals surface area (Å²) in [7, 11) is 1.67. The zero-order valence-corrected chi connectivity index (χ0v) is 11.7. The van der Waals surface area contributed by atoms with Crippen LogP contribution in [0.15, 0.2) is 36.7 Å². The molecule has 1 N–H and O–H groups in total. The van der Waals surface area contributed by atoms with Gasteiger partial charge in [0, 0.05) is 24.2 Å². The van der Waals surface area contributed by atoms with Gasteiger partial charge in [-0.05, 0) is 31.5 Å². The lowest BCUT2D eigenvalue weighted by molar-refractivity contribution is 0.415. The molecule has 4 heteroatoms. The van der Waals surface area contributed by atoms with Crippen LogP contribution in [0.25, 0.3) is 11.3 Å². The highest BCUT2D eigenvalue weighted by atomic mass is 16.5. The molecule has 1 atom stereocenters. The molecular weight excluding hydrogens is 250 g/mol. The van der Waals surface area contributed by atoms with E-state index in [0.717, 1.165) is 35.8 Å². The lowest BCUT2D eigenvalue weighted by atomic mass is 9.96. The Morgan fingerprint density at radius 1 is 1.25 bits per heavy atom. The average molecular weight is 269 g/mol. The second-order valence-electron chi connectivity index (χ2n) is 5.10. The van der Waals surface area contributed by atoms with Crippen LogP contribution in [0, 0.1) is 0 Å². The zero-order valence-electron chi connectivity index (χ0n) is 11.7. The van der Waals surface area contributed by atoms with Crippen molar-refractivity contribution in [2.45, 2.75) is 18.8 Å². The SMILES string of the molecule is COc1cccc(-c2cnc(C3CCCNC3)cn2)c1. The quantitative estimate of drug-likeness (QED) is 0.930. The van der Waals surface area contributed by atoms with Crippen LogP contribution in [0.4, 0.5) is 0 Å². The van der Waals surface area contributed by atoms with Crippen molar-refractivity contribution in [3.8, 4) is 17.0 Å². The van der Waals surface area contributed by atoms with Gasteiger partial charge in [-0.15, -0.1) is 0 Å². The Morgan fingerprint density at radius 3 is 2.90 bits per heavy atom. The molecule has 0 aliphatic carbocycles. The molecule has 0 amide bonds. The van der Waals surface area contributed by atoms with Crippen molar-refractivity contribution in [3.05, 3.63) is 42.4 Å². The van der Waals surface area contributed by atoms with E-state index in [-0.39, 0.29) is 0 Å².